The molecule has 140 valence electrons. The van der Waals surface area contributed by atoms with Gasteiger partial charge in [0.25, 0.3) is 0 Å². The number of hydrogen-bond donors (Lipinski definition) is 0. The molecule has 1 heterocycles. The van der Waals surface area contributed by atoms with Crippen LogP contribution in [-0.4, -0.2) is 45.6 Å². The first-order valence-corrected chi connectivity index (χ1v) is 12.7. The third-order valence-corrected chi connectivity index (χ3v) is 12.3. The maximum absolute atomic E-state index is 5.37. The molecule has 1 aromatic rings. The normalized spacial score (nSPS) is 20.4. The SMILES string of the molecule is COC[C@@H]1CCCN1/N=C/[C@H](Cc1ccccc1)[Si](C)(C)C(C)(C)C. The van der Waals surface area contributed by atoms with Gasteiger partial charge in [0.15, 0.2) is 0 Å². The molecule has 0 unspecified atom stereocenters. The zero-order chi connectivity index (χ0) is 18.5. The van der Waals surface area contributed by atoms with Crippen molar-refractivity contribution in [3.05, 3.63) is 35.9 Å². The van der Waals surface area contributed by atoms with Crippen LogP contribution in [0.15, 0.2) is 35.4 Å². The summed E-state index contributed by atoms with van der Waals surface area (Å²) in [6, 6.07) is 11.3. The molecule has 0 aromatic heterocycles. The summed E-state index contributed by atoms with van der Waals surface area (Å²) in [6.07, 6.45) is 5.77. The van der Waals surface area contributed by atoms with Gasteiger partial charge >= 0.3 is 0 Å². The van der Waals surface area contributed by atoms with Gasteiger partial charge in [-0.25, -0.2) is 0 Å². The number of ether oxygens (including phenoxy) is 1. The van der Waals surface area contributed by atoms with Gasteiger partial charge in [-0.2, -0.15) is 5.10 Å². The predicted octanol–water partition coefficient (Wildman–Crippen LogP) is 5.20. The van der Waals surface area contributed by atoms with Crippen molar-refractivity contribution in [3.63, 3.8) is 0 Å². The first-order chi connectivity index (χ1) is 11.8. The first kappa shape index (κ1) is 20.2. The second kappa shape index (κ2) is 8.50. The molecule has 4 heteroatoms. The van der Waals surface area contributed by atoms with Gasteiger partial charge in [-0.3, -0.25) is 5.01 Å². The molecule has 0 bridgehead atoms. The summed E-state index contributed by atoms with van der Waals surface area (Å²) in [5, 5.41) is 7.56. The van der Waals surface area contributed by atoms with Crippen molar-refractivity contribution in [2.24, 2.45) is 5.10 Å². The monoisotopic (exact) mass is 360 g/mol. The summed E-state index contributed by atoms with van der Waals surface area (Å²) in [6.45, 7) is 14.1. The van der Waals surface area contributed by atoms with Crippen LogP contribution in [0.2, 0.25) is 23.7 Å². The lowest BCUT2D eigenvalue weighted by atomic mass is 10.1. The Morgan fingerprint density at radius 1 is 1.28 bits per heavy atom. The quantitative estimate of drug-likeness (QED) is 0.493. The van der Waals surface area contributed by atoms with E-state index >= 15 is 0 Å². The molecule has 1 saturated heterocycles. The third-order valence-electron chi connectivity index (χ3n) is 6.26. The van der Waals surface area contributed by atoms with Crippen LogP contribution in [0.3, 0.4) is 0 Å². The average molecular weight is 361 g/mol. The average Bonchev–Trinajstić information content (AvgIpc) is 2.99. The number of nitrogens with zero attached hydrogens (tertiary/aromatic N) is 2. The molecular formula is C21H36N2OSi. The fourth-order valence-electron chi connectivity index (χ4n) is 3.42. The predicted molar refractivity (Wildman–Crippen MR) is 111 cm³/mol. The van der Waals surface area contributed by atoms with E-state index in [9.17, 15) is 0 Å². The minimum absolute atomic E-state index is 0.343. The van der Waals surface area contributed by atoms with E-state index in [0.29, 0.717) is 16.6 Å². The van der Waals surface area contributed by atoms with E-state index in [-0.39, 0.29) is 0 Å². The maximum Gasteiger partial charge on any atom is 0.0704 e. The second-order valence-corrected chi connectivity index (χ2v) is 14.6. The van der Waals surface area contributed by atoms with E-state index in [2.05, 4.69) is 75.4 Å². The molecule has 1 fully saturated rings. The molecule has 0 radical (unpaired) electrons. The molecule has 2 rings (SSSR count). The molecule has 3 nitrogen and oxygen atoms in total. The fraction of sp³-hybridized carbons (Fsp3) is 0.667. The lowest BCUT2D eigenvalue weighted by molar-refractivity contribution is 0.118. The van der Waals surface area contributed by atoms with E-state index in [4.69, 9.17) is 9.84 Å². The number of hydrazone groups is 1. The number of rotatable bonds is 7. The highest BCUT2D eigenvalue weighted by atomic mass is 28.3. The number of hydrogen-bond acceptors (Lipinski definition) is 3. The smallest absolute Gasteiger partial charge is 0.0704 e. The van der Waals surface area contributed by atoms with Crippen LogP contribution in [-0.2, 0) is 11.2 Å². The van der Waals surface area contributed by atoms with Crippen molar-refractivity contribution in [2.75, 3.05) is 20.3 Å². The lowest BCUT2D eigenvalue weighted by Gasteiger charge is -2.42. The summed E-state index contributed by atoms with van der Waals surface area (Å²) in [5.41, 5.74) is 1.94. The van der Waals surface area contributed by atoms with Gasteiger partial charge in [0.05, 0.1) is 20.7 Å². The Morgan fingerprint density at radius 3 is 2.56 bits per heavy atom. The molecule has 1 aliphatic heterocycles. The highest BCUT2D eigenvalue weighted by Gasteiger charge is 2.41. The van der Waals surface area contributed by atoms with E-state index < -0.39 is 8.07 Å². The molecule has 2 atom stereocenters. The van der Waals surface area contributed by atoms with Crippen molar-refractivity contribution < 1.29 is 4.74 Å². The van der Waals surface area contributed by atoms with Crippen LogP contribution in [0.4, 0.5) is 0 Å². The van der Waals surface area contributed by atoms with Crippen LogP contribution in [0.5, 0.6) is 0 Å². The second-order valence-electron chi connectivity index (χ2n) is 8.95. The first-order valence-electron chi connectivity index (χ1n) is 9.59. The molecule has 0 spiro atoms. The van der Waals surface area contributed by atoms with E-state index in [1.807, 2.05) is 0 Å². The third kappa shape index (κ3) is 5.17. The molecule has 0 aliphatic carbocycles. The maximum atomic E-state index is 5.37. The van der Waals surface area contributed by atoms with Gasteiger partial charge in [-0.15, -0.1) is 0 Å². The van der Waals surface area contributed by atoms with Gasteiger partial charge in [-0.05, 0) is 35.4 Å². The Kier molecular flexibility index (Phi) is 6.86. The van der Waals surface area contributed by atoms with E-state index in [0.717, 1.165) is 19.6 Å². The Labute approximate surface area is 155 Å². The zero-order valence-electron chi connectivity index (χ0n) is 17.0. The number of benzene rings is 1. The Bertz CT molecular complexity index is 551. The highest BCUT2D eigenvalue weighted by Crippen LogP contribution is 2.44. The Hall–Kier alpha value is -1.13. The van der Waals surface area contributed by atoms with Gasteiger partial charge in [0.2, 0.25) is 0 Å². The van der Waals surface area contributed by atoms with Gasteiger partial charge in [0.1, 0.15) is 0 Å². The van der Waals surface area contributed by atoms with Crippen molar-refractivity contribution in [2.45, 2.75) is 69.7 Å². The Morgan fingerprint density at radius 2 is 1.96 bits per heavy atom. The van der Waals surface area contributed by atoms with Crippen molar-refractivity contribution >= 4 is 14.3 Å². The largest absolute Gasteiger partial charge is 0.382 e. The number of methoxy groups -OCH3 is 1. The minimum atomic E-state index is -1.54. The highest BCUT2D eigenvalue weighted by molar-refractivity contribution is 6.83. The van der Waals surface area contributed by atoms with Crippen LogP contribution >= 0.6 is 0 Å². The van der Waals surface area contributed by atoms with Crippen LogP contribution in [0.1, 0.15) is 39.2 Å². The minimum Gasteiger partial charge on any atom is -0.382 e. The van der Waals surface area contributed by atoms with Crippen LogP contribution in [0, 0.1) is 0 Å². The summed E-state index contributed by atoms with van der Waals surface area (Å²) < 4.78 is 5.37. The van der Waals surface area contributed by atoms with Crippen molar-refractivity contribution in [1.29, 1.82) is 0 Å². The summed E-state index contributed by atoms with van der Waals surface area (Å²) in [4.78, 5) is 0. The standard InChI is InChI=1S/C21H36N2OSi/c1-21(2,3)25(5,6)20(15-18-11-8-7-9-12-18)16-22-23-14-10-13-19(23)17-24-4/h7-9,11-12,16,19-20H,10,13-15,17H2,1-6H3/b22-16+/t19-,20-/m0/s1. The molecule has 25 heavy (non-hydrogen) atoms. The zero-order valence-corrected chi connectivity index (χ0v) is 18.0. The van der Waals surface area contributed by atoms with Crippen LogP contribution in [0.25, 0.3) is 0 Å². The summed E-state index contributed by atoms with van der Waals surface area (Å²) >= 11 is 0. The van der Waals surface area contributed by atoms with Gasteiger partial charge in [-0.1, -0.05) is 64.2 Å². The van der Waals surface area contributed by atoms with Crippen molar-refractivity contribution in [1.82, 2.24) is 5.01 Å². The summed E-state index contributed by atoms with van der Waals surface area (Å²) in [7, 11) is 0.249. The molecule has 0 saturated carbocycles. The summed E-state index contributed by atoms with van der Waals surface area (Å²) in [5.74, 6) is 0. The van der Waals surface area contributed by atoms with Crippen molar-refractivity contribution in [3.8, 4) is 0 Å². The fourth-order valence-corrected chi connectivity index (χ4v) is 5.72. The van der Waals surface area contributed by atoms with E-state index in [1.165, 1.54) is 18.4 Å². The molecule has 0 N–H and O–H groups in total. The molecule has 1 aliphatic rings. The van der Waals surface area contributed by atoms with Gasteiger partial charge in [0, 0.05) is 19.9 Å². The van der Waals surface area contributed by atoms with Gasteiger partial charge < -0.3 is 4.74 Å². The Balaban J connectivity index is 2.21. The lowest BCUT2D eigenvalue weighted by Crippen LogP contribution is -2.44. The molecule has 1 aromatic carbocycles. The molecular weight excluding hydrogens is 324 g/mol. The van der Waals surface area contributed by atoms with E-state index in [1.54, 1.807) is 7.11 Å². The topological polar surface area (TPSA) is 24.8 Å². The molecule has 0 amide bonds. The van der Waals surface area contributed by atoms with Crippen LogP contribution < -0.4 is 0 Å².